The third-order valence-electron chi connectivity index (χ3n) is 10.4. The molecule has 0 aliphatic carbocycles. The van der Waals surface area contributed by atoms with Gasteiger partial charge in [0.15, 0.2) is 5.58 Å². The Balaban J connectivity index is 1.09. The minimum Gasteiger partial charge on any atom is -0.454 e. The number of para-hydroxylation sites is 4. The Morgan fingerprint density at radius 1 is 0.309 bits per heavy atom. The van der Waals surface area contributed by atoms with Gasteiger partial charge in [-0.25, -0.2) is 0 Å². The Hall–Kier alpha value is -7.36. The van der Waals surface area contributed by atoms with Gasteiger partial charge in [0.1, 0.15) is 5.58 Å². The van der Waals surface area contributed by atoms with Gasteiger partial charge in [0.05, 0.1) is 11.4 Å². The van der Waals surface area contributed by atoms with E-state index in [0.717, 1.165) is 78.3 Å². The average molecular weight is 705 g/mol. The van der Waals surface area contributed by atoms with Crippen molar-refractivity contribution in [2.75, 3.05) is 9.80 Å². The fraction of sp³-hybridized carbons (Fsp3) is 0. The summed E-state index contributed by atoms with van der Waals surface area (Å²) < 4.78 is 6.53. The maximum absolute atomic E-state index is 6.53. The van der Waals surface area contributed by atoms with Gasteiger partial charge in [-0.3, -0.25) is 0 Å². The summed E-state index contributed by atoms with van der Waals surface area (Å²) in [7, 11) is 0. The second-order valence-electron chi connectivity index (χ2n) is 13.8. The third kappa shape index (κ3) is 5.98. The lowest BCUT2D eigenvalue weighted by molar-refractivity contribution is 0.669. The van der Waals surface area contributed by atoms with E-state index in [2.05, 4.69) is 216 Å². The highest BCUT2D eigenvalue weighted by molar-refractivity contribution is 6.10. The van der Waals surface area contributed by atoms with Gasteiger partial charge in [-0.05, 0) is 100 Å². The number of anilines is 6. The van der Waals surface area contributed by atoms with Crippen LogP contribution in [0.15, 0.2) is 223 Å². The van der Waals surface area contributed by atoms with Gasteiger partial charge in [0.25, 0.3) is 0 Å². The predicted molar refractivity (Wildman–Crippen MR) is 231 cm³/mol. The maximum atomic E-state index is 6.53. The van der Waals surface area contributed by atoms with Crippen molar-refractivity contribution < 1.29 is 4.42 Å². The molecule has 260 valence electrons. The lowest BCUT2D eigenvalue weighted by Crippen LogP contribution is -2.11. The zero-order valence-corrected chi connectivity index (χ0v) is 30.1. The highest BCUT2D eigenvalue weighted by Crippen LogP contribution is 2.45. The molecule has 0 spiro atoms. The van der Waals surface area contributed by atoms with Gasteiger partial charge in [-0.2, -0.15) is 0 Å². The van der Waals surface area contributed by atoms with E-state index in [1.54, 1.807) is 0 Å². The van der Waals surface area contributed by atoms with Gasteiger partial charge in [-0.15, -0.1) is 0 Å². The summed E-state index contributed by atoms with van der Waals surface area (Å²) in [4.78, 5) is 4.66. The second-order valence-corrected chi connectivity index (χ2v) is 13.8. The largest absolute Gasteiger partial charge is 0.454 e. The summed E-state index contributed by atoms with van der Waals surface area (Å²) in [6.07, 6.45) is 0. The van der Waals surface area contributed by atoms with Crippen molar-refractivity contribution in [2.45, 2.75) is 0 Å². The molecule has 0 amide bonds. The topological polar surface area (TPSA) is 19.6 Å². The number of hydrogen-bond donors (Lipinski definition) is 0. The summed E-state index contributed by atoms with van der Waals surface area (Å²) >= 11 is 0. The number of fused-ring (bicyclic) bond motifs is 4. The van der Waals surface area contributed by atoms with Crippen LogP contribution in [0.2, 0.25) is 0 Å². The zero-order chi connectivity index (χ0) is 36.6. The first-order valence-electron chi connectivity index (χ1n) is 18.7. The molecule has 1 aromatic heterocycles. The molecule has 0 aliphatic rings. The molecule has 0 saturated heterocycles. The Bertz CT molecular complexity index is 2920. The highest BCUT2D eigenvalue weighted by atomic mass is 16.3. The van der Waals surface area contributed by atoms with E-state index in [1.165, 1.54) is 10.8 Å². The third-order valence-corrected chi connectivity index (χ3v) is 10.4. The fourth-order valence-corrected chi connectivity index (χ4v) is 7.80. The molecule has 0 atom stereocenters. The normalized spacial score (nSPS) is 11.3. The molecule has 55 heavy (non-hydrogen) atoms. The van der Waals surface area contributed by atoms with E-state index in [-0.39, 0.29) is 0 Å². The molecule has 3 heteroatoms. The standard InChI is InChI=1S/C52H36N2O/c1-4-16-39(17-5-1)48-36-41(30-34-49(48)54(43-21-8-3-9-22-43)45-33-29-37-15-10-11-18-40(37)35-45)38-27-31-44(32-28-38)53(42-19-6-2-7-20-42)50-25-14-24-47-46-23-12-13-26-51(46)55-52(47)50/h1-36H. The van der Waals surface area contributed by atoms with Crippen LogP contribution in [0.25, 0.3) is 55.0 Å². The van der Waals surface area contributed by atoms with Crippen molar-refractivity contribution in [3.63, 3.8) is 0 Å². The van der Waals surface area contributed by atoms with Crippen molar-refractivity contribution in [1.82, 2.24) is 0 Å². The van der Waals surface area contributed by atoms with Crippen LogP contribution < -0.4 is 9.80 Å². The van der Waals surface area contributed by atoms with Crippen LogP contribution in [0.1, 0.15) is 0 Å². The fourth-order valence-electron chi connectivity index (χ4n) is 7.80. The summed E-state index contributed by atoms with van der Waals surface area (Å²) in [5, 5.41) is 4.65. The van der Waals surface area contributed by atoms with Gasteiger partial charge in [0, 0.05) is 39.1 Å². The molecule has 0 N–H and O–H groups in total. The van der Waals surface area contributed by atoms with Gasteiger partial charge < -0.3 is 14.2 Å². The van der Waals surface area contributed by atoms with E-state index in [1.807, 2.05) is 12.1 Å². The molecular weight excluding hydrogens is 669 g/mol. The molecule has 1 heterocycles. The predicted octanol–water partition coefficient (Wildman–Crippen LogP) is 15.0. The number of benzene rings is 9. The van der Waals surface area contributed by atoms with Crippen LogP contribution in [-0.2, 0) is 0 Å². The lowest BCUT2D eigenvalue weighted by Gasteiger charge is -2.29. The quantitative estimate of drug-likeness (QED) is 0.157. The zero-order valence-electron chi connectivity index (χ0n) is 30.1. The van der Waals surface area contributed by atoms with Gasteiger partial charge >= 0.3 is 0 Å². The first-order valence-corrected chi connectivity index (χ1v) is 18.7. The minimum atomic E-state index is 0.870. The second kappa shape index (κ2) is 13.9. The molecular formula is C52H36N2O. The van der Waals surface area contributed by atoms with Crippen LogP contribution in [0, 0.1) is 0 Å². The maximum Gasteiger partial charge on any atom is 0.159 e. The van der Waals surface area contributed by atoms with Crippen molar-refractivity contribution in [2.24, 2.45) is 0 Å². The highest BCUT2D eigenvalue weighted by Gasteiger charge is 2.21. The molecule has 9 aromatic carbocycles. The first-order chi connectivity index (χ1) is 27.3. The Morgan fingerprint density at radius 3 is 1.62 bits per heavy atom. The Labute approximate surface area is 320 Å². The Kier molecular flexibility index (Phi) is 8.16. The van der Waals surface area contributed by atoms with Gasteiger partial charge in [0.2, 0.25) is 0 Å². The number of furan rings is 1. The van der Waals surface area contributed by atoms with Crippen LogP contribution in [0.4, 0.5) is 34.1 Å². The molecule has 0 fully saturated rings. The number of rotatable bonds is 8. The lowest BCUT2D eigenvalue weighted by atomic mass is 9.96. The molecule has 0 saturated carbocycles. The van der Waals surface area contributed by atoms with Crippen molar-refractivity contribution >= 4 is 66.8 Å². The van der Waals surface area contributed by atoms with Crippen molar-refractivity contribution in [1.29, 1.82) is 0 Å². The minimum absolute atomic E-state index is 0.870. The number of nitrogens with zero attached hydrogens (tertiary/aromatic N) is 2. The van der Waals surface area contributed by atoms with Crippen molar-refractivity contribution in [3.8, 4) is 22.3 Å². The molecule has 10 rings (SSSR count). The summed E-state index contributed by atoms with van der Waals surface area (Å²) in [6, 6.07) is 77.5. The van der Waals surface area contributed by atoms with Crippen LogP contribution in [-0.4, -0.2) is 0 Å². The van der Waals surface area contributed by atoms with Crippen molar-refractivity contribution in [3.05, 3.63) is 218 Å². The van der Waals surface area contributed by atoms with E-state index in [0.29, 0.717) is 0 Å². The molecule has 0 aliphatic heterocycles. The first kappa shape index (κ1) is 32.3. The smallest absolute Gasteiger partial charge is 0.159 e. The molecule has 0 radical (unpaired) electrons. The molecule has 10 aromatic rings. The van der Waals surface area contributed by atoms with Crippen LogP contribution in [0.3, 0.4) is 0 Å². The monoisotopic (exact) mass is 704 g/mol. The van der Waals surface area contributed by atoms with Gasteiger partial charge in [-0.1, -0.05) is 146 Å². The summed E-state index contributed by atoms with van der Waals surface area (Å²) in [5.41, 5.74) is 12.8. The number of hydrogen-bond acceptors (Lipinski definition) is 3. The van der Waals surface area contributed by atoms with E-state index < -0.39 is 0 Å². The van der Waals surface area contributed by atoms with E-state index in [4.69, 9.17) is 4.42 Å². The molecule has 0 bridgehead atoms. The summed E-state index contributed by atoms with van der Waals surface area (Å²) in [6.45, 7) is 0. The summed E-state index contributed by atoms with van der Waals surface area (Å²) in [5.74, 6) is 0. The van der Waals surface area contributed by atoms with Crippen LogP contribution in [0.5, 0.6) is 0 Å². The average Bonchev–Trinajstić information content (AvgIpc) is 3.65. The molecule has 3 nitrogen and oxygen atoms in total. The van der Waals surface area contributed by atoms with E-state index >= 15 is 0 Å². The SMILES string of the molecule is c1ccc(-c2cc(-c3ccc(N(c4ccccc4)c4cccc5c4oc4ccccc45)cc3)ccc2N(c2ccccc2)c2ccc3ccccc3c2)cc1. The van der Waals surface area contributed by atoms with Crippen LogP contribution >= 0.6 is 0 Å². The molecule has 0 unspecified atom stereocenters. The van der Waals surface area contributed by atoms with E-state index in [9.17, 15) is 0 Å². The Morgan fingerprint density at radius 2 is 0.873 bits per heavy atom.